The molecule has 2 rings (SSSR count). The molecule has 1 aromatic carbocycles. The van der Waals surface area contributed by atoms with E-state index in [1.54, 1.807) is 0 Å². The van der Waals surface area contributed by atoms with E-state index < -0.39 is 0 Å². The Labute approximate surface area is 108 Å². The first-order valence-electron chi connectivity index (χ1n) is 6.17. The number of rotatable bonds is 3. The molecule has 0 bridgehead atoms. The fourth-order valence-electron chi connectivity index (χ4n) is 1.71. The zero-order chi connectivity index (χ0) is 13.0. The summed E-state index contributed by atoms with van der Waals surface area (Å²) in [5.74, 6) is 0. The maximum Gasteiger partial charge on any atom is 0.0666 e. The van der Waals surface area contributed by atoms with Crippen LogP contribution in [0.4, 0.5) is 11.4 Å². The molecule has 0 fully saturated rings. The SMILES string of the molecule is CCn1ccc(=Nc2ccc(N(C)C)cc2)cc1. The summed E-state index contributed by atoms with van der Waals surface area (Å²) in [6.45, 7) is 3.11. The van der Waals surface area contributed by atoms with E-state index in [-0.39, 0.29) is 0 Å². The molecule has 0 aliphatic heterocycles. The highest BCUT2D eigenvalue weighted by Crippen LogP contribution is 2.17. The Hall–Kier alpha value is -2.03. The van der Waals surface area contributed by atoms with Gasteiger partial charge in [-0.15, -0.1) is 0 Å². The van der Waals surface area contributed by atoms with E-state index in [4.69, 9.17) is 0 Å². The highest BCUT2D eigenvalue weighted by molar-refractivity contribution is 5.51. The number of nitrogens with zero attached hydrogens (tertiary/aromatic N) is 3. The van der Waals surface area contributed by atoms with Crippen molar-refractivity contribution >= 4 is 11.4 Å². The van der Waals surface area contributed by atoms with Gasteiger partial charge < -0.3 is 9.47 Å². The third-order valence-corrected chi connectivity index (χ3v) is 2.86. The smallest absolute Gasteiger partial charge is 0.0666 e. The summed E-state index contributed by atoms with van der Waals surface area (Å²) in [6, 6.07) is 12.3. The minimum absolute atomic E-state index is 0.981. The van der Waals surface area contributed by atoms with Gasteiger partial charge in [0.1, 0.15) is 0 Å². The van der Waals surface area contributed by atoms with Crippen LogP contribution >= 0.6 is 0 Å². The molecule has 0 spiro atoms. The zero-order valence-electron chi connectivity index (χ0n) is 11.2. The Morgan fingerprint density at radius 1 is 1.00 bits per heavy atom. The maximum absolute atomic E-state index is 4.59. The largest absolute Gasteiger partial charge is 0.378 e. The van der Waals surface area contributed by atoms with Crippen molar-refractivity contribution in [1.82, 2.24) is 4.57 Å². The van der Waals surface area contributed by atoms with Crippen LogP contribution in [-0.2, 0) is 6.54 Å². The monoisotopic (exact) mass is 241 g/mol. The van der Waals surface area contributed by atoms with E-state index in [0.717, 1.165) is 17.6 Å². The molecule has 0 aliphatic carbocycles. The van der Waals surface area contributed by atoms with E-state index in [0.29, 0.717) is 0 Å². The lowest BCUT2D eigenvalue weighted by atomic mass is 10.2. The van der Waals surface area contributed by atoms with Crippen LogP contribution in [0.25, 0.3) is 0 Å². The van der Waals surface area contributed by atoms with Crippen molar-refractivity contribution in [3.05, 3.63) is 54.1 Å². The number of pyridine rings is 1. The van der Waals surface area contributed by atoms with Gasteiger partial charge in [-0.3, -0.25) is 0 Å². The molecule has 0 N–H and O–H groups in total. The molecule has 18 heavy (non-hydrogen) atoms. The van der Waals surface area contributed by atoms with E-state index in [9.17, 15) is 0 Å². The third-order valence-electron chi connectivity index (χ3n) is 2.86. The van der Waals surface area contributed by atoms with Gasteiger partial charge in [0.15, 0.2) is 0 Å². The minimum atomic E-state index is 0.981. The van der Waals surface area contributed by atoms with Gasteiger partial charge in [-0.05, 0) is 43.3 Å². The zero-order valence-corrected chi connectivity index (χ0v) is 11.2. The molecule has 3 heteroatoms. The molecule has 3 nitrogen and oxygen atoms in total. The van der Waals surface area contributed by atoms with E-state index in [1.165, 1.54) is 5.69 Å². The molecule has 0 atom stereocenters. The molecule has 2 aromatic rings. The molecule has 0 saturated carbocycles. The molecule has 0 amide bonds. The number of hydrogen-bond donors (Lipinski definition) is 0. The van der Waals surface area contributed by atoms with E-state index in [2.05, 4.69) is 33.5 Å². The van der Waals surface area contributed by atoms with Crippen LogP contribution in [-0.4, -0.2) is 18.7 Å². The minimum Gasteiger partial charge on any atom is -0.378 e. The first-order valence-corrected chi connectivity index (χ1v) is 6.17. The van der Waals surface area contributed by atoms with Gasteiger partial charge in [0.25, 0.3) is 0 Å². The molecule has 0 unspecified atom stereocenters. The van der Waals surface area contributed by atoms with Crippen molar-refractivity contribution in [3.63, 3.8) is 0 Å². The number of anilines is 1. The molecule has 0 aliphatic rings. The van der Waals surface area contributed by atoms with Crippen molar-refractivity contribution in [2.24, 2.45) is 4.99 Å². The Morgan fingerprint density at radius 2 is 1.61 bits per heavy atom. The summed E-state index contributed by atoms with van der Waals surface area (Å²) in [7, 11) is 4.07. The van der Waals surface area contributed by atoms with Crippen LogP contribution in [0.5, 0.6) is 0 Å². The second kappa shape index (κ2) is 5.54. The number of aromatic nitrogens is 1. The Kier molecular flexibility index (Phi) is 3.82. The second-order valence-corrected chi connectivity index (χ2v) is 4.41. The Balaban J connectivity index is 2.26. The van der Waals surface area contributed by atoms with Crippen LogP contribution in [0.2, 0.25) is 0 Å². The van der Waals surface area contributed by atoms with Crippen molar-refractivity contribution in [3.8, 4) is 0 Å². The van der Waals surface area contributed by atoms with Gasteiger partial charge in [-0.1, -0.05) is 0 Å². The number of hydrogen-bond acceptors (Lipinski definition) is 2. The van der Waals surface area contributed by atoms with Crippen LogP contribution in [0, 0.1) is 0 Å². The summed E-state index contributed by atoms with van der Waals surface area (Å²) >= 11 is 0. The summed E-state index contributed by atoms with van der Waals surface area (Å²) in [4.78, 5) is 6.66. The predicted molar refractivity (Wildman–Crippen MR) is 76.1 cm³/mol. The second-order valence-electron chi connectivity index (χ2n) is 4.41. The molecule has 94 valence electrons. The molecule has 1 aromatic heterocycles. The molecule has 1 heterocycles. The lowest BCUT2D eigenvalue weighted by Gasteiger charge is -2.11. The van der Waals surface area contributed by atoms with Gasteiger partial charge in [-0.25, -0.2) is 4.99 Å². The first kappa shape index (κ1) is 12.4. The van der Waals surface area contributed by atoms with Gasteiger partial charge in [0.05, 0.1) is 11.0 Å². The normalized spacial score (nSPS) is 10.2. The van der Waals surface area contributed by atoms with Gasteiger partial charge in [0.2, 0.25) is 0 Å². The van der Waals surface area contributed by atoms with Gasteiger partial charge >= 0.3 is 0 Å². The average molecular weight is 241 g/mol. The average Bonchev–Trinajstić information content (AvgIpc) is 2.40. The standard InChI is InChI=1S/C15H19N3/c1-4-18-11-9-14(10-12-18)16-13-5-7-15(8-6-13)17(2)3/h5-12H,4H2,1-3H3. The van der Waals surface area contributed by atoms with Crippen molar-refractivity contribution in [1.29, 1.82) is 0 Å². The summed E-state index contributed by atoms with van der Waals surface area (Å²) < 4.78 is 2.12. The Bertz CT molecular complexity index is 545. The number of benzene rings is 1. The summed E-state index contributed by atoms with van der Waals surface area (Å²) in [5.41, 5.74) is 2.17. The van der Waals surface area contributed by atoms with Crippen molar-refractivity contribution in [2.45, 2.75) is 13.5 Å². The van der Waals surface area contributed by atoms with Gasteiger partial charge in [-0.2, -0.15) is 0 Å². The molecular weight excluding hydrogens is 222 g/mol. The maximum atomic E-state index is 4.59. The van der Waals surface area contributed by atoms with Crippen molar-refractivity contribution in [2.75, 3.05) is 19.0 Å². The lowest BCUT2D eigenvalue weighted by molar-refractivity contribution is 0.753. The fourth-order valence-corrected chi connectivity index (χ4v) is 1.71. The van der Waals surface area contributed by atoms with Crippen LogP contribution in [0.15, 0.2) is 53.8 Å². The van der Waals surface area contributed by atoms with Crippen LogP contribution < -0.4 is 10.3 Å². The van der Waals surface area contributed by atoms with Crippen molar-refractivity contribution < 1.29 is 0 Å². The summed E-state index contributed by atoms with van der Waals surface area (Å²) in [6.07, 6.45) is 4.10. The summed E-state index contributed by atoms with van der Waals surface area (Å²) in [5, 5.41) is 0.984. The highest BCUT2D eigenvalue weighted by Gasteiger charge is 1.94. The fraction of sp³-hybridized carbons (Fsp3) is 0.267. The lowest BCUT2D eigenvalue weighted by Crippen LogP contribution is -2.07. The van der Waals surface area contributed by atoms with Crippen LogP contribution in [0.3, 0.4) is 0 Å². The third kappa shape index (κ3) is 3.00. The first-order chi connectivity index (χ1) is 8.69. The molecule has 0 saturated heterocycles. The quantitative estimate of drug-likeness (QED) is 0.809. The van der Waals surface area contributed by atoms with Crippen LogP contribution in [0.1, 0.15) is 6.92 Å². The van der Waals surface area contributed by atoms with E-state index >= 15 is 0 Å². The molecule has 0 radical (unpaired) electrons. The molecular formula is C15H19N3. The topological polar surface area (TPSA) is 20.5 Å². The Morgan fingerprint density at radius 3 is 2.11 bits per heavy atom. The highest BCUT2D eigenvalue weighted by atomic mass is 15.1. The van der Waals surface area contributed by atoms with E-state index in [1.807, 2.05) is 50.8 Å². The predicted octanol–water partition coefficient (Wildman–Crippen LogP) is 2.81. The van der Waals surface area contributed by atoms with Gasteiger partial charge in [0, 0.05) is 38.7 Å². The number of aryl methyl sites for hydroxylation is 1.